The van der Waals surface area contributed by atoms with Gasteiger partial charge < -0.3 is 4.74 Å². The molecule has 0 fully saturated rings. The first-order valence-corrected chi connectivity index (χ1v) is 8.06. The highest BCUT2D eigenvalue weighted by atomic mass is 32.2. The molecule has 116 valence electrons. The number of hydrogen-bond acceptors (Lipinski definition) is 4. The fourth-order valence-corrected chi connectivity index (χ4v) is 2.79. The Bertz CT molecular complexity index is 797. The minimum Gasteiger partial charge on any atom is -0.423 e. The van der Waals surface area contributed by atoms with Crippen LogP contribution in [0.25, 0.3) is 0 Å². The summed E-state index contributed by atoms with van der Waals surface area (Å²) in [5.74, 6) is -0.174. The summed E-state index contributed by atoms with van der Waals surface area (Å²) in [4.78, 5) is 12.2. The number of carbonyl (C=O) groups is 1. The van der Waals surface area contributed by atoms with Gasteiger partial charge in [0.05, 0.1) is 10.5 Å². The Morgan fingerprint density at radius 2 is 1.73 bits per heavy atom. The predicted molar refractivity (Wildman–Crippen MR) is 83.5 cm³/mol. The summed E-state index contributed by atoms with van der Waals surface area (Å²) >= 11 is 0. The van der Waals surface area contributed by atoms with Gasteiger partial charge in [-0.1, -0.05) is 18.2 Å². The van der Waals surface area contributed by atoms with Gasteiger partial charge in [0.25, 0.3) is 0 Å². The maximum absolute atomic E-state index is 12.1. The van der Waals surface area contributed by atoms with Gasteiger partial charge in [0.1, 0.15) is 5.75 Å². The van der Waals surface area contributed by atoms with Crippen LogP contribution in [-0.4, -0.2) is 32.8 Å². The van der Waals surface area contributed by atoms with Gasteiger partial charge in [-0.15, -0.1) is 0 Å². The molecule has 0 atom stereocenters. The van der Waals surface area contributed by atoms with E-state index < -0.39 is 16.0 Å². The van der Waals surface area contributed by atoms with Crippen LogP contribution in [0, 0.1) is 6.92 Å². The van der Waals surface area contributed by atoms with Crippen molar-refractivity contribution in [3.63, 3.8) is 0 Å². The standard InChI is InChI=1S/C16H17NO4S/c1-12-6-4-8-14(10-12)21-16(18)13-7-5-9-15(11-13)22(19,20)17(2)3/h4-11H,1-3H3. The number of benzene rings is 2. The molecule has 22 heavy (non-hydrogen) atoms. The molecule has 0 aliphatic heterocycles. The molecule has 0 bridgehead atoms. The van der Waals surface area contributed by atoms with Crippen molar-refractivity contribution in [3.05, 3.63) is 59.7 Å². The van der Waals surface area contributed by atoms with E-state index in [0.717, 1.165) is 9.87 Å². The first kappa shape index (κ1) is 16.2. The van der Waals surface area contributed by atoms with Gasteiger partial charge in [0.2, 0.25) is 10.0 Å². The van der Waals surface area contributed by atoms with E-state index in [4.69, 9.17) is 4.74 Å². The summed E-state index contributed by atoms with van der Waals surface area (Å²) in [5, 5.41) is 0. The maximum Gasteiger partial charge on any atom is 0.343 e. The SMILES string of the molecule is Cc1cccc(OC(=O)c2cccc(S(=O)(=O)N(C)C)c2)c1. The highest BCUT2D eigenvalue weighted by Gasteiger charge is 2.19. The van der Waals surface area contributed by atoms with Crippen molar-refractivity contribution in [2.75, 3.05) is 14.1 Å². The molecule has 0 aliphatic rings. The highest BCUT2D eigenvalue weighted by molar-refractivity contribution is 7.89. The molecule has 5 nitrogen and oxygen atoms in total. The monoisotopic (exact) mass is 319 g/mol. The lowest BCUT2D eigenvalue weighted by Crippen LogP contribution is -2.22. The number of nitrogens with zero attached hydrogens (tertiary/aromatic N) is 1. The lowest BCUT2D eigenvalue weighted by Gasteiger charge is -2.12. The van der Waals surface area contributed by atoms with Gasteiger partial charge >= 0.3 is 5.97 Å². The van der Waals surface area contributed by atoms with Crippen molar-refractivity contribution in [3.8, 4) is 5.75 Å². The molecule has 0 aromatic heterocycles. The Balaban J connectivity index is 2.28. The van der Waals surface area contributed by atoms with E-state index in [1.807, 2.05) is 13.0 Å². The van der Waals surface area contributed by atoms with Crippen LogP contribution >= 0.6 is 0 Å². The van der Waals surface area contributed by atoms with Gasteiger partial charge in [-0.05, 0) is 42.8 Å². The smallest absolute Gasteiger partial charge is 0.343 e. The number of hydrogen-bond donors (Lipinski definition) is 0. The number of aryl methyl sites for hydroxylation is 1. The maximum atomic E-state index is 12.1. The van der Waals surface area contributed by atoms with Gasteiger partial charge in [0.15, 0.2) is 0 Å². The van der Waals surface area contributed by atoms with Crippen LogP contribution in [0.5, 0.6) is 5.75 Å². The van der Waals surface area contributed by atoms with Crippen molar-refractivity contribution < 1.29 is 17.9 Å². The van der Waals surface area contributed by atoms with Crippen molar-refractivity contribution in [1.29, 1.82) is 0 Å². The number of ether oxygens (including phenoxy) is 1. The molecule has 2 rings (SSSR count). The van der Waals surface area contributed by atoms with Crippen LogP contribution < -0.4 is 4.74 Å². The first-order chi connectivity index (χ1) is 10.3. The molecule has 6 heteroatoms. The van der Waals surface area contributed by atoms with Crippen molar-refractivity contribution in [2.24, 2.45) is 0 Å². The molecule has 0 heterocycles. The largest absolute Gasteiger partial charge is 0.423 e. The zero-order valence-corrected chi connectivity index (χ0v) is 13.4. The third-order valence-electron chi connectivity index (χ3n) is 3.05. The van der Waals surface area contributed by atoms with E-state index in [-0.39, 0.29) is 10.5 Å². The minimum absolute atomic E-state index is 0.0520. The topological polar surface area (TPSA) is 63.7 Å². The molecule has 0 unspecified atom stereocenters. The molecule has 0 amide bonds. The Kier molecular flexibility index (Phi) is 4.63. The third kappa shape index (κ3) is 3.52. The van der Waals surface area contributed by atoms with Crippen LogP contribution in [0.15, 0.2) is 53.4 Å². The molecular weight excluding hydrogens is 302 g/mol. The minimum atomic E-state index is -3.59. The molecule has 0 spiro atoms. The number of carbonyl (C=O) groups excluding carboxylic acids is 1. The molecule has 0 saturated carbocycles. The fourth-order valence-electron chi connectivity index (χ4n) is 1.84. The molecule has 2 aromatic carbocycles. The zero-order chi connectivity index (χ0) is 16.3. The van der Waals surface area contributed by atoms with Crippen LogP contribution in [0.1, 0.15) is 15.9 Å². The summed E-state index contributed by atoms with van der Waals surface area (Å²) in [6.07, 6.45) is 0. The normalized spacial score (nSPS) is 11.5. The Labute approximate surface area is 130 Å². The molecular formula is C16H17NO4S. The van der Waals surface area contributed by atoms with E-state index in [1.165, 1.54) is 38.4 Å². The fraction of sp³-hybridized carbons (Fsp3) is 0.188. The van der Waals surface area contributed by atoms with E-state index in [9.17, 15) is 13.2 Å². The average Bonchev–Trinajstić information content (AvgIpc) is 2.47. The van der Waals surface area contributed by atoms with Crippen molar-refractivity contribution >= 4 is 16.0 Å². The number of rotatable bonds is 4. The van der Waals surface area contributed by atoms with E-state index in [0.29, 0.717) is 5.75 Å². The molecule has 2 aromatic rings. The van der Waals surface area contributed by atoms with Gasteiger partial charge in [0, 0.05) is 14.1 Å². The van der Waals surface area contributed by atoms with Gasteiger partial charge in [-0.2, -0.15) is 0 Å². The summed E-state index contributed by atoms with van der Waals surface area (Å²) in [5.41, 5.74) is 1.15. The second-order valence-corrected chi connectivity index (χ2v) is 7.17. The zero-order valence-electron chi connectivity index (χ0n) is 12.6. The van der Waals surface area contributed by atoms with E-state index >= 15 is 0 Å². The van der Waals surface area contributed by atoms with Gasteiger partial charge in [-0.25, -0.2) is 17.5 Å². The second kappa shape index (κ2) is 6.29. The number of esters is 1. The van der Waals surface area contributed by atoms with Crippen molar-refractivity contribution in [1.82, 2.24) is 4.31 Å². The van der Waals surface area contributed by atoms with Crippen LogP contribution in [0.4, 0.5) is 0 Å². The Morgan fingerprint density at radius 1 is 1.05 bits per heavy atom. The van der Waals surface area contributed by atoms with Crippen molar-refractivity contribution in [2.45, 2.75) is 11.8 Å². The molecule has 0 saturated heterocycles. The molecule has 0 N–H and O–H groups in total. The first-order valence-electron chi connectivity index (χ1n) is 6.62. The summed E-state index contributed by atoms with van der Waals surface area (Å²) in [7, 11) is -0.712. The van der Waals surface area contributed by atoms with Gasteiger partial charge in [-0.3, -0.25) is 0 Å². The number of sulfonamides is 1. The highest BCUT2D eigenvalue weighted by Crippen LogP contribution is 2.18. The second-order valence-electron chi connectivity index (χ2n) is 5.02. The van der Waals surface area contributed by atoms with Crippen LogP contribution in [-0.2, 0) is 10.0 Å². The third-order valence-corrected chi connectivity index (χ3v) is 4.86. The Morgan fingerprint density at radius 3 is 2.36 bits per heavy atom. The lowest BCUT2D eigenvalue weighted by atomic mass is 10.2. The summed E-state index contributed by atoms with van der Waals surface area (Å²) in [6.45, 7) is 1.89. The lowest BCUT2D eigenvalue weighted by molar-refractivity contribution is 0.0734. The summed E-state index contributed by atoms with van der Waals surface area (Å²) < 4.78 is 30.5. The molecule has 0 aliphatic carbocycles. The van der Waals surface area contributed by atoms with Crippen LogP contribution in [0.2, 0.25) is 0 Å². The molecule has 0 radical (unpaired) electrons. The quantitative estimate of drug-likeness (QED) is 0.641. The van der Waals surface area contributed by atoms with E-state index in [2.05, 4.69) is 0 Å². The van der Waals surface area contributed by atoms with E-state index in [1.54, 1.807) is 18.2 Å². The summed E-state index contributed by atoms with van der Waals surface area (Å²) in [6, 6.07) is 12.9. The van der Waals surface area contributed by atoms with Crippen LogP contribution in [0.3, 0.4) is 0 Å². The Hall–Kier alpha value is -2.18. The average molecular weight is 319 g/mol. The predicted octanol–water partition coefficient (Wildman–Crippen LogP) is 2.46.